The number of aryl methyl sites for hydroxylation is 1. The van der Waals surface area contributed by atoms with Crippen molar-refractivity contribution >= 4 is 44.7 Å². The molecule has 1 heterocycles. The largest absolute Gasteiger partial charge is 0.133 e. The summed E-state index contributed by atoms with van der Waals surface area (Å²) in [6, 6.07) is 8.55. The van der Waals surface area contributed by atoms with Gasteiger partial charge in [-0.05, 0) is 34.9 Å². The smallest absolute Gasteiger partial charge is 0.0734 e. The summed E-state index contributed by atoms with van der Waals surface area (Å²) in [6.07, 6.45) is 0. The second kappa shape index (κ2) is 2.75. The van der Waals surface area contributed by atoms with Crippen LogP contribution in [0.25, 0.3) is 10.8 Å². The highest BCUT2D eigenvalue weighted by Crippen LogP contribution is 2.31. The Labute approximate surface area is 83.4 Å². The molecule has 0 N–H and O–H groups in total. The second-order valence-electron chi connectivity index (χ2n) is 2.48. The van der Waals surface area contributed by atoms with E-state index in [-0.39, 0.29) is 0 Å². The molecular formula is C9H7IS. The molecule has 0 spiro atoms. The van der Waals surface area contributed by atoms with Gasteiger partial charge in [-0.1, -0.05) is 24.3 Å². The summed E-state index contributed by atoms with van der Waals surface area (Å²) in [5.74, 6) is 0. The number of thiophene rings is 1. The highest BCUT2D eigenvalue weighted by atomic mass is 127. The van der Waals surface area contributed by atoms with Gasteiger partial charge >= 0.3 is 0 Å². The van der Waals surface area contributed by atoms with Crippen LogP contribution in [0.3, 0.4) is 0 Å². The number of rotatable bonds is 0. The molecule has 0 unspecified atom stereocenters. The third kappa shape index (κ3) is 1.18. The normalized spacial score (nSPS) is 10.7. The van der Waals surface area contributed by atoms with Crippen molar-refractivity contribution in [2.24, 2.45) is 0 Å². The van der Waals surface area contributed by atoms with Gasteiger partial charge in [0.1, 0.15) is 0 Å². The number of fused-ring (bicyclic) bond motifs is 1. The molecule has 2 aromatic rings. The fourth-order valence-electron chi connectivity index (χ4n) is 1.21. The Bertz CT molecular complexity index is 353. The Morgan fingerprint density at radius 2 is 1.82 bits per heavy atom. The van der Waals surface area contributed by atoms with Crippen LogP contribution >= 0.6 is 33.9 Å². The van der Waals surface area contributed by atoms with Gasteiger partial charge in [-0.2, -0.15) is 0 Å². The van der Waals surface area contributed by atoms with Crippen molar-refractivity contribution in [3.63, 3.8) is 0 Å². The monoisotopic (exact) mass is 274 g/mol. The molecule has 0 aliphatic rings. The van der Waals surface area contributed by atoms with Gasteiger partial charge in [0.15, 0.2) is 0 Å². The van der Waals surface area contributed by atoms with E-state index in [1.54, 1.807) is 0 Å². The first-order chi connectivity index (χ1) is 5.29. The van der Waals surface area contributed by atoms with Crippen LogP contribution in [0.5, 0.6) is 0 Å². The lowest BCUT2D eigenvalue weighted by Gasteiger charge is -1.88. The first-order valence-corrected chi connectivity index (χ1v) is 5.32. The maximum atomic E-state index is 2.40. The van der Waals surface area contributed by atoms with Crippen molar-refractivity contribution in [2.45, 2.75) is 6.92 Å². The minimum Gasteiger partial charge on any atom is -0.133 e. The number of hydrogen-bond acceptors (Lipinski definition) is 1. The van der Waals surface area contributed by atoms with Crippen LogP contribution in [0, 0.1) is 9.81 Å². The predicted octanol–water partition coefficient (Wildman–Crippen LogP) is 3.81. The lowest BCUT2D eigenvalue weighted by atomic mass is 10.2. The summed E-state index contributed by atoms with van der Waals surface area (Å²) in [5, 5.41) is 2.80. The number of halogens is 1. The number of benzene rings is 1. The van der Waals surface area contributed by atoms with E-state index in [2.05, 4.69) is 53.8 Å². The summed E-state index contributed by atoms with van der Waals surface area (Å²) in [6.45, 7) is 2.18. The maximum Gasteiger partial charge on any atom is 0.0734 e. The third-order valence-corrected chi connectivity index (χ3v) is 3.93. The zero-order chi connectivity index (χ0) is 7.84. The topological polar surface area (TPSA) is 0 Å². The van der Waals surface area contributed by atoms with Gasteiger partial charge in [0.25, 0.3) is 0 Å². The van der Waals surface area contributed by atoms with Crippen LogP contribution in [0.4, 0.5) is 0 Å². The van der Waals surface area contributed by atoms with Gasteiger partial charge < -0.3 is 0 Å². The molecule has 1 aromatic heterocycles. The molecule has 1 aromatic carbocycles. The number of hydrogen-bond donors (Lipinski definition) is 0. The van der Waals surface area contributed by atoms with E-state index in [1.165, 1.54) is 18.5 Å². The highest BCUT2D eigenvalue weighted by molar-refractivity contribution is 14.1. The van der Waals surface area contributed by atoms with Gasteiger partial charge in [0.05, 0.1) is 2.88 Å². The summed E-state index contributed by atoms with van der Waals surface area (Å²) in [4.78, 5) is 1.42. The van der Waals surface area contributed by atoms with E-state index < -0.39 is 0 Å². The zero-order valence-electron chi connectivity index (χ0n) is 6.10. The molecule has 0 amide bonds. The van der Waals surface area contributed by atoms with Gasteiger partial charge in [-0.25, -0.2) is 0 Å². The second-order valence-corrected chi connectivity index (χ2v) is 5.51. The van der Waals surface area contributed by atoms with Crippen LogP contribution in [-0.4, -0.2) is 0 Å². The lowest BCUT2D eigenvalue weighted by molar-refractivity contribution is 1.68. The molecule has 0 nitrogen and oxygen atoms in total. The van der Waals surface area contributed by atoms with E-state index in [4.69, 9.17) is 0 Å². The fraction of sp³-hybridized carbons (Fsp3) is 0.111. The summed E-state index contributed by atoms with van der Waals surface area (Å²) >= 11 is 4.27. The Morgan fingerprint density at radius 1 is 1.18 bits per heavy atom. The van der Waals surface area contributed by atoms with Crippen molar-refractivity contribution in [3.8, 4) is 0 Å². The Kier molecular flexibility index (Phi) is 1.89. The summed E-state index contributed by atoms with van der Waals surface area (Å²) in [5.41, 5.74) is 0. The van der Waals surface area contributed by atoms with Gasteiger partial charge in [0, 0.05) is 10.3 Å². The third-order valence-electron chi connectivity index (χ3n) is 1.76. The average Bonchev–Trinajstić information content (AvgIpc) is 2.30. The van der Waals surface area contributed by atoms with Crippen LogP contribution in [0.1, 0.15) is 4.88 Å². The molecule has 0 aliphatic heterocycles. The van der Waals surface area contributed by atoms with Crippen molar-refractivity contribution in [1.29, 1.82) is 0 Å². The molecule has 0 bridgehead atoms. The molecule has 0 atom stereocenters. The van der Waals surface area contributed by atoms with Crippen molar-refractivity contribution in [1.82, 2.24) is 0 Å². The van der Waals surface area contributed by atoms with Gasteiger partial charge in [-0.3, -0.25) is 0 Å². The quantitative estimate of drug-likeness (QED) is 0.641. The molecular weight excluding hydrogens is 267 g/mol. The van der Waals surface area contributed by atoms with E-state index in [1.807, 2.05) is 11.3 Å². The molecule has 0 fully saturated rings. The highest BCUT2D eigenvalue weighted by Gasteiger charge is 2.02. The van der Waals surface area contributed by atoms with Gasteiger partial charge in [0.2, 0.25) is 0 Å². The molecule has 2 heteroatoms. The Morgan fingerprint density at radius 3 is 2.45 bits per heavy atom. The Balaban J connectivity index is 2.95. The fourth-order valence-corrected chi connectivity index (χ4v) is 3.51. The van der Waals surface area contributed by atoms with E-state index in [0.717, 1.165) is 0 Å². The predicted molar refractivity (Wildman–Crippen MR) is 59.3 cm³/mol. The van der Waals surface area contributed by atoms with Crippen LogP contribution in [0.15, 0.2) is 24.3 Å². The van der Waals surface area contributed by atoms with Crippen molar-refractivity contribution in [2.75, 3.05) is 0 Å². The van der Waals surface area contributed by atoms with Crippen LogP contribution < -0.4 is 0 Å². The molecule has 11 heavy (non-hydrogen) atoms. The Hall–Kier alpha value is -0.0900. The maximum absolute atomic E-state index is 2.40. The molecule has 0 aliphatic carbocycles. The molecule has 56 valence electrons. The average molecular weight is 274 g/mol. The zero-order valence-corrected chi connectivity index (χ0v) is 9.07. The van der Waals surface area contributed by atoms with E-state index in [9.17, 15) is 0 Å². The van der Waals surface area contributed by atoms with Crippen molar-refractivity contribution < 1.29 is 0 Å². The summed E-state index contributed by atoms with van der Waals surface area (Å²) < 4.78 is 1.40. The molecule has 2 rings (SSSR count). The molecule has 0 saturated heterocycles. The first kappa shape index (κ1) is 7.55. The minimum absolute atomic E-state index is 1.40. The molecule has 0 radical (unpaired) electrons. The van der Waals surface area contributed by atoms with Crippen LogP contribution in [0.2, 0.25) is 0 Å². The van der Waals surface area contributed by atoms with Gasteiger partial charge in [-0.15, -0.1) is 11.3 Å². The lowest BCUT2D eigenvalue weighted by Crippen LogP contribution is -1.65. The van der Waals surface area contributed by atoms with E-state index in [0.29, 0.717) is 0 Å². The van der Waals surface area contributed by atoms with E-state index >= 15 is 0 Å². The first-order valence-electron chi connectivity index (χ1n) is 3.42. The summed E-state index contributed by atoms with van der Waals surface area (Å²) in [7, 11) is 0. The SMILES string of the molecule is Cc1sc(I)c2ccccc12. The van der Waals surface area contributed by atoms with Crippen LogP contribution in [-0.2, 0) is 0 Å². The minimum atomic E-state index is 1.40. The van der Waals surface area contributed by atoms with Crippen molar-refractivity contribution in [3.05, 3.63) is 32.0 Å². The standard InChI is InChI=1S/C9H7IS/c1-6-7-4-2-3-5-8(7)9(10)11-6/h2-5H,1H3. The molecule has 0 saturated carbocycles.